The van der Waals surface area contributed by atoms with Crippen molar-refractivity contribution in [3.8, 4) is 0 Å². The first-order valence-corrected chi connectivity index (χ1v) is 5.57. The van der Waals surface area contributed by atoms with Crippen molar-refractivity contribution in [2.45, 2.75) is 32.4 Å². The van der Waals surface area contributed by atoms with Crippen molar-refractivity contribution in [2.24, 2.45) is 0 Å². The van der Waals surface area contributed by atoms with E-state index < -0.39 is 0 Å². The first-order valence-electron chi connectivity index (χ1n) is 5.57. The fraction of sp³-hybridized carbons (Fsp3) is 0.909. The molecule has 16 heavy (non-hydrogen) atoms. The highest BCUT2D eigenvalue weighted by molar-refractivity contribution is 5.75. The summed E-state index contributed by atoms with van der Waals surface area (Å²) in [7, 11) is 3.02. The van der Waals surface area contributed by atoms with Crippen LogP contribution in [0.3, 0.4) is 0 Å². The molecule has 5 heteroatoms. The Hall–Kier alpha value is -0.650. The summed E-state index contributed by atoms with van der Waals surface area (Å²) in [6.45, 7) is 5.68. The number of esters is 1. The quantitative estimate of drug-likeness (QED) is 0.590. The molecule has 0 radical (unpaired) electrons. The number of likely N-dealkylation sites (N-methyl/N-ethyl adjacent to an activating group) is 1. The Bertz CT molecular complexity index is 187. The zero-order chi connectivity index (χ0) is 12.4. The number of rotatable bonds is 9. The zero-order valence-electron chi connectivity index (χ0n) is 10.6. The van der Waals surface area contributed by atoms with E-state index in [4.69, 9.17) is 9.47 Å². The molecule has 0 saturated carbocycles. The molecular formula is C11H23NO4. The SMILES string of the molecule is CCNC(CCOC(C)COC)C(=O)OC. The molecule has 2 atom stereocenters. The third kappa shape index (κ3) is 6.76. The largest absolute Gasteiger partial charge is 0.468 e. The zero-order valence-corrected chi connectivity index (χ0v) is 10.6. The van der Waals surface area contributed by atoms with Gasteiger partial charge in [0.05, 0.1) is 19.8 Å². The molecule has 0 aliphatic heterocycles. The second-order valence-electron chi connectivity index (χ2n) is 3.56. The van der Waals surface area contributed by atoms with Gasteiger partial charge in [0, 0.05) is 13.7 Å². The van der Waals surface area contributed by atoms with Gasteiger partial charge in [0.15, 0.2) is 0 Å². The van der Waals surface area contributed by atoms with Gasteiger partial charge < -0.3 is 19.5 Å². The van der Waals surface area contributed by atoms with Crippen LogP contribution < -0.4 is 5.32 Å². The Balaban J connectivity index is 3.79. The molecule has 0 aromatic carbocycles. The second-order valence-corrected chi connectivity index (χ2v) is 3.56. The number of hydrogen-bond acceptors (Lipinski definition) is 5. The molecule has 1 N–H and O–H groups in total. The lowest BCUT2D eigenvalue weighted by Crippen LogP contribution is -2.38. The van der Waals surface area contributed by atoms with Crippen LogP contribution in [-0.2, 0) is 19.0 Å². The van der Waals surface area contributed by atoms with E-state index in [1.165, 1.54) is 7.11 Å². The van der Waals surface area contributed by atoms with Gasteiger partial charge in [0.25, 0.3) is 0 Å². The summed E-state index contributed by atoms with van der Waals surface area (Å²) >= 11 is 0. The number of nitrogens with one attached hydrogen (secondary N) is 1. The van der Waals surface area contributed by atoms with Gasteiger partial charge in [0.1, 0.15) is 6.04 Å². The Labute approximate surface area is 97.4 Å². The molecule has 0 aromatic rings. The average molecular weight is 233 g/mol. The Morgan fingerprint density at radius 1 is 1.38 bits per heavy atom. The first kappa shape index (κ1) is 15.3. The van der Waals surface area contributed by atoms with Gasteiger partial charge in [-0.25, -0.2) is 0 Å². The molecule has 2 unspecified atom stereocenters. The summed E-state index contributed by atoms with van der Waals surface area (Å²) < 4.78 is 15.1. The van der Waals surface area contributed by atoms with Crippen LogP contribution in [0.1, 0.15) is 20.3 Å². The van der Waals surface area contributed by atoms with Crippen molar-refractivity contribution < 1.29 is 19.0 Å². The van der Waals surface area contributed by atoms with Crippen molar-refractivity contribution in [3.05, 3.63) is 0 Å². The summed E-state index contributed by atoms with van der Waals surface area (Å²) in [6, 6.07) is -0.287. The van der Waals surface area contributed by atoms with E-state index in [9.17, 15) is 4.79 Å². The first-order chi connectivity index (χ1) is 7.65. The topological polar surface area (TPSA) is 56.8 Å². The van der Waals surface area contributed by atoms with E-state index in [1.807, 2.05) is 13.8 Å². The molecule has 0 fully saturated rings. The van der Waals surface area contributed by atoms with Crippen LogP contribution in [0, 0.1) is 0 Å². The predicted octanol–water partition coefficient (Wildman–Crippen LogP) is 0.579. The molecular weight excluding hydrogens is 210 g/mol. The number of carbonyl (C=O) groups is 1. The van der Waals surface area contributed by atoms with E-state index in [0.717, 1.165) is 6.54 Å². The van der Waals surface area contributed by atoms with Gasteiger partial charge in [-0.2, -0.15) is 0 Å². The van der Waals surface area contributed by atoms with Gasteiger partial charge in [-0.3, -0.25) is 4.79 Å². The molecule has 0 rings (SSSR count). The molecule has 0 heterocycles. The second kappa shape index (κ2) is 9.57. The van der Waals surface area contributed by atoms with Crippen LogP contribution in [0.5, 0.6) is 0 Å². The Morgan fingerprint density at radius 2 is 2.06 bits per heavy atom. The van der Waals surface area contributed by atoms with Crippen molar-refractivity contribution in [2.75, 3.05) is 34.0 Å². The normalized spacial score (nSPS) is 14.5. The highest BCUT2D eigenvalue weighted by atomic mass is 16.5. The minimum absolute atomic E-state index is 0.0462. The third-order valence-corrected chi connectivity index (χ3v) is 2.15. The average Bonchev–Trinajstić information content (AvgIpc) is 2.27. The van der Waals surface area contributed by atoms with Crippen LogP contribution in [-0.4, -0.2) is 52.1 Å². The summed E-state index contributed by atoms with van der Waals surface area (Å²) in [4.78, 5) is 11.3. The number of hydrogen-bond donors (Lipinski definition) is 1. The van der Waals surface area contributed by atoms with E-state index in [0.29, 0.717) is 19.6 Å². The van der Waals surface area contributed by atoms with Gasteiger partial charge in [-0.15, -0.1) is 0 Å². The van der Waals surface area contributed by atoms with E-state index in [1.54, 1.807) is 7.11 Å². The molecule has 0 spiro atoms. The van der Waals surface area contributed by atoms with Crippen molar-refractivity contribution in [1.29, 1.82) is 0 Å². The van der Waals surface area contributed by atoms with Crippen LogP contribution in [0.15, 0.2) is 0 Å². The Morgan fingerprint density at radius 3 is 2.56 bits per heavy atom. The lowest BCUT2D eigenvalue weighted by Gasteiger charge is -2.17. The van der Waals surface area contributed by atoms with Crippen LogP contribution in [0.4, 0.5) is 0 Å². The van der Waals surface area contributed by atoms with Crippen LogP contribution >= 0.6 is 0 Å². The highest BCUT2D eigenvalue weighted by Crippen LogP contribution is 1.99. The molecule has 0 bridgehead atoms. The lowest BCUT2D eigenvalue weighted by atomic mass is 10.2. The lowest BCUT2D eigenvalue weighted by molar-refractivity contribution is -0.143. The van der Waals surface area contributed by atoms with Crippen molar-refractivity contribution in [3.63, 3.8) is 0 Å². The van der Waals surface area contributed by atoms with Crippen molar-refractivity contribution in [1.82, 2.24) is 5.32 Å². The smallest absolute Gasteiger partial charge is 0.322 e. The molecule has 0 aromatic heterocycles. The third-order valence-electron chi connectivity index (χ3n) is 2.15. The van der Waals surface area contributed by atoms with Crippen LogP contribution in [0.2, 0.25) is 0 Å². The molecule has 96 valence electrons. The van der Waals surface area contributed by atoms with E-state index in [-0.39, 0.29) is 18.1 Å². The number of ether oxygens (including phenoxy) is 3. The fourth-order valence-corrected chi connectivity index (χ4v) is 1.36. The van der Waals surface area contributed by atoms with E-state index >= 15 is 0 Å². The van der Waals surface area contributed by atoms with Gasteiger partial charge in [-0.1, -0.05) is 6.92 Å². The number of methoxy groups -OCH3 is 2. The van der Waals surface area contributed by atoms with Gasteiger partial charge in [0.2, 0.25) is 0 Å². The summed E-state index contributed by atoms with van der Waals surface area (Å²) in [5, 5.41) is 3.05. The summed E-state index contributed by atoms with van der Waals surface area (Å²) in [5.74, 6) is -0.246. The number of carbonyl (C=O) groups excluding carboxylic acids is 1. The Kier molecular flexibility index (Phi) is 9.18. The minimum atomic E-state index is -0.287. The maximum absolute atomic E-state index is 11.3. The molecule has 5 nitrogen and oxygen atoms in total. The van der Waals surface area contributed by atoms with E-state index in [2.05, 4.69) is 10.1 Å². The fourth-order valence-electron chi connectivity index (χ4n) is 1.36. The standard InChI is InChI=1S/C11H23NO4/c1-5-12-10(11(13)15-4)6-7-16-9(2)8-14-3/h9-10,12H,5-8H2,1-4H3. The molecule has 0 aliphatic rings. The molecule has 0 aliphatic carbocycles. The molecule has 0 amide bonds. The van der Waals surface area contributed by atoms with Crippen molar-refractivity contribution >= 4 is 5.97 Å². The maximum Gasteiger partial charge on any atom is 0.322 e. The van der Waals surface area contributed by atoms with Gasteiger partial charge in [-0.05, 0) is 19.9 Å². The maximum atomic E-state index is 11.3. The highest BCUT2D eigenvalue weighted by Gasteiger charge is 2.17. The summed E-state index contributed by atoms with van der Waals surface area (Å²) in [5.41, 5.74) is 0. The minimum Gasteiger partial charge on any atom is -0.468 e. The predicted molar refractivity (Wildman–Crippen MR) is 61.4 cm³/mol. The summed E-state index contributed by atoms with van der Waals surface area (Å²) in [6.07, 6.45) is 0.652. The van der Waals surface area contributed by atoms with Crippen LogP contribution in [0.25, 0.3) is 0 Å². The molecule has 0 saturated heterocycles. The van der Waals surface area contributed by atoms with Gasteiger partial charge >= 0.3 is 5.97 Å². The monoisotopic (exact) mass is 233 g/mol.